The smallest absolute Gasteiger partial charge is 0.0462 e. The van der Waals surface area contributed by atoms with Crippen molar-refractivity contribution in [2.45, 2.75) is 43.0 Å². The van der Waals surface area contributed by atoms with Gasteiger partial charge in [0.05, 0.1) is 0 Å². The summed E-state index contributed by atoms with van der Waals surface area (Å²) in [5.74, 6) is 2.28. The summed E-state index contributed by atoms with van der Waals surface area (Å²) < 4.78 is 0. The number of nitrogens with one attached hydrogen (secondary N) is 1. The fourth-order valence-corrected chi connectivity index (χ4v) is 4.95. The molecule has 0 saturated heterocycles. The van der Waals surface area contributed by atoms with Gasteiger partial charge < -0.3 is 10.4 Å². The number of fused-ring (bicyclic) bond motifs is 1. The number of aliphatic hydroxyl groups excluding tert-OH is 1. The van der Waals surface area contributed by atoms with Gasteiger partial charge in [-0.3, -0.25) is 0 Å². The number of benzene rings is 1. The van der Waals surface area contributed by atoms with Crippen LogP contribution in [0, 0.1) is 11.8 Å². The van der Waals surface area contributed by atoms with Gasteiger partial charge in [-0.15, -0.1) is 11.8 Å². The first kappa shape index (κ1) is 15.7. The molecule has 0 amide bonds. The van der Waals surface area contributed by atoms with Gasteiger partial charge in [0, 0.05) is 22.6 Å². The minimum atomic E-state index is 0.343. The molecular weight excluding hydrogens is 302 g/mol. The molecule has 1 fully saturated rings. The molecule has 0 aromatic heterocycles. The van der Waals surface area contributed by atoms with Gasteiger partial charge in [-0.25, -0.2) is 0 Å². The van der Waals surface area contributed by atoms with E-state index in [0.717, 1.165) is 18.0 Å². The molecule has 1 aliphatic heterocycles. The average molecular weight is 326 g/mol. The molecule has 1 aromatic rings. The van der Waals surface area contributed by atoms with E-state index in [2.05, 4.69) is 17.4 Å². The van der Waals surface area contributed by atoms with E-state index < -0.39 is 0 Å². The second-order valence-electron chi connectivity index (χ2n) is 6.27. The van der Waals surface area contributed by atoms with Crippen LogP contribution in [0.15, 0.2) is 23.1 Å². The molecular formula is C17H24ClNOS. The standard InChI is InChI=1S/C17H24ClNOS/c18-14-5-6-17-15(9-14)16(7-8-21-17)19-10-12-3-1-2-4-13(12)11-20/h5-6,9,12-13,16,19-20H,1-4,7-8,10-11H2. The maximum atomic E-state index is 9.54. The van der Waals surface area contributed by atoms with Crippen LogP contribution in [0.25, 0.3) is 0 Å². The van der Waals surface area contributed by atoms with Crippen LogP contribution in [-0.4, -0.2) is 24.0 Å². The summed E-state index contributed by atoms with van der Waals surface area (Å²) in [7, 11) is 0. The SMILES string of the molecule is OCC1CCCCC1CNC1CCSc2ccc(Cl)cc21. The van der Waals surface area contributed by atoms with Gasteiger partial charge in [0.2, 0.25) is 0 Å². The van der Waals surface area contributed by atoms with Crippen LogP contribution in [0.5, 0.6) is 0 Å². The van der Waals surface area contributed by atoms with Gasteiger partial charge in [0.1, 0.15) is 0 Å². The number of halogens is 1. The Balaban J connectivity index is 1.65. The van der Waals surface area contributed by atoms with Gasteiger partial charge in [-0.1, -0.05) is 24.4 Å². The lowest BCUT2D eigenvalue weighted by Gasteiger charge is -2.33. The van der Waals surface area contributed by atoms with E-state index in [1.54, 1.807) is 0 Å². The zero-order valence-electron chi connectivity index (χ0n) is 12.4. The molecule has 0 spiro atoms. The topological polar surface area (TPSA) is 32.3 Å². The fraction of sp³-hybridized carbons (Fsp3) is 0.647. The molecule has 2 N–H and O–H groups in total. The van der Waals surface area contributed by atoms with E-state index in [9.17, 15) is 5.11 Å². The van der Waals surface area contributed by atoms with E-state index in [1.807, 2.05) is 17.8 Å². The van der Waals surface area contributed by atoms with E-state index in [1.165, 1.54) is 41.9 Å². The highest BCUT2D eigenvalue weighted by Gasteiger charge is 2.26. The molecule has 0 radical (unpaired) electrons. The van der Waals surface area contributed by atoms with Gasteiger partial charge in [0.25, 0.3) is 0 Å². The molecule has 2 aliphatic rings. The third-order valence-corrected chi connectivity index (χ3v) is 6.30. The predicted octanol–water partition coefficient (Wildman–Crippen LogP) is 4.27. The Morgan fingerprint density at radius 3 is 2.81 bits per heavy atom. The zero-order chi connectivity index (χ0) is 14.7. The Morgan fingerprint density at radius 2 is 2.00 bits per heavy atom. The summed E-state index contributed by atoms with van der Waals surface area (Å²) in [5.41, 5.74) is 1.36. The summed E-state index contributed by atoms with van der Waals surface area (Å²) in [4.78, 5) is 1.37. The normalized spacial score (nSPS) is 29.1. The van der Waals surface area contributed by atoms with Crippen LogP contribution >= 0.6 is 23.4 Å². The van der Waals surface area contributed by atoms with Crippen LogP contribution in [0.4, 0.5) is 0 Å². The predicted molar refractivity (Wildman–Crippen MR) is 90.1 cm³/mol. The molecule has 1 aliphatic carbocycles. The molecule has 3 rings (SSSR count). The highest BCUT2D eigenvalue weighted by Crippen LogP contribution is 2.38. The highest BCUT2D eigenvalue weighted by atomic mass is 35.5. The third kappa shape index (κ3) is 3.76. The Labute approximate surface area is 136 Å². The lowest BCUT2D eigenvalue weighted by atomic mass is 9.79. The van der Waals surface area contributed by atoms with Crippen molar-refractivity contribution in [3.63, 3.8) is 0 Å². The number of hydrogen-bond donors (Lipinski definition) is 2. The summed E-state index contributed by atoms with van der Waals surface area (Å²) >= 11 is 8.10. The highest BCUT2D eigenvalue weighted by molar-refractivity contribution is 7.99. The molecule has 1 aromatic carbocycles. The third-order valence-electron chi connectivity index (χ3n) is 4.94. The van der Waals surface area contributed by atoms with Crippen LogP contribution in [0.1, 0.15) is 43.7 Å². The molecule has 116 valence electrons. The first-order valence-corrected chi connectivity index (χ1v) is 9.41. The molecule has 21 heavy (non-hydrogen) atoms. The van der Waals surface area contributed by atoms with Gasteiger partial charge >= 0.3 is 0 Å². The van der Waals surface area contributed by atoms with Crippen LogP contribution in [0.2, 0.25) is 5.02 Å². The minimum Gasteiger partial charge on any atom is -0.396 e. The van der Waals surface area contributed by atoms with Gasteiger partial charge in [-0.2, -0.15) is 0 Å². The molecule has 2 nitrogen and oxygen atoms in total. The van der Waals surface area contributed by atoms with Crippen molar-refractivity contribution in [3.8, 4) is 0 Å². The molecule has 4 heteroatoms. The van der Waals surface area contributed by atoms with Crippen molar-refractivity contribution in [2.75, 3.05) is 18.9 Å². The quantitative estimate of drug-likeness (QED) is 0.867. The summed E-state index contributed by atoms with van der Waals surface area (Å²) in [6, 6.07) is 6.66. The second kappa shape index (κ2) is 7.36. The summed E-state index contributed by atoms with van der Waals surface area (Å²) in [5, 5.41) is 14.1. The average Bonchev–Trinajstić information content (AvgIpc) is 2.53. The van der Waals surface area contributed by atoms with Gasteiger partial charge in [-0.05, 0) is 67.2 Å². The number of thioether (sulfide) groups is 1. The Hall–Kier alpha value is -0.220. The van der Waals surface area contributed by atoms with Crippen LogP contribution in [-0.2, 0) is 0 Å². The first-order valence-electron chi connectivity index (χ1n) is 8.04. The van der Waals surface area contributed by atoms with Crippen molar-refractivity contribution in [1.82, 2.24) is 5.32 Å². The summed E-state index contributed by atoms with van der Waals surface area (Å²) in [6.45, 7) is 1.36. The molecule has 1 heterocycles. The van der Waals surface area contributed by atoms with Crippen LogP contribution < -0.4 is 5.32 Å². The second-order valence-corrected chi connectivity index (χ2v) is 7.84. The maximum absolute atomic E-state index is 9.54. The first-order chi connectivity index (χ1) is 10.3. The fourth-order valence-electron chi connectivity index (χ4n) is 3.66. The summed E-state index contributed by atoms with van der Waals surface area (Å²) in [6.07, 6.45) is 6.19. The van der Waals surface area contributed by atoms with Crippen molar-refractivity contribution < 1.29 is 5.11 Å². The van der Waals surface area contributed by atoms with Gasteiger partial charge in [0.15, 0.2) is 0 Å². The molecule has 0 bridgehead atoms. The number of hydrogen-bond acceptors (Lipinski definition) is 3. The largest absolute Gasteiger partial charge is 0.396 e. The lowest BCUT2D eigenvalue weighted by molar-refractivity contribution is 0.131. The molecule has 3 unspecified atom stereocenters. The van der Waals surface area contributed by atoms with E-state index in [4.69, 9.17) is 11.6 Å². The Kier molecular flexibility index (Phi) is 5.49. The van der Waals surface area contributed by atoms with E-state index in [-0.39, 0.29) is 0 Å². The Morgan fingerprint density at radius 1 is 1.19 bits per heavy atom. The monoisotopic (exact) mass is 325 g/mol. The van der Waals surface area contributed by atoms with E-state index in [0.29, 0.717) is 24.5 Å². The number of aliphatic hydroxyl groups is 1. The number of rotatable bonds is 4. The maximum Gasteiger partial charge on any atom is 0.0462 e. The van der Waals surface area contributed by atoms with Crippen molar-refractivity contribution in [2.24, 2.45) is 11.8 Å². The van der Waals surface area contributed by atoms with Crippen molar-refractivity contribution in [3.05, 3.63) is 28.8 Å². The lowest BCUT2D eigenvalue weighted by Crippen LogP contribution is -2.35. The molecule has 1 saturated carbocycles. The zero-order valence-corrected chi connectivity index (χ0v) is 13.9. The van der Waals surface area contributed by atoms with Crippen LogP contribution in [0.3, 0.4) is 0 Å². The molecule has 3 atom stereocenters. The van der Waals surface area contributed by atoms with Crippen molar-refractivity contribution in [1.29, 1.82) is 0 Å². The van der Waals surface area contributed by atoms with Crippen molar-refractivity contribution >= 4 is 23.4 Å². The minimum absolute atomic E-state index is 0.343. The van der Waals surface area contributed by atoms with E-state index >= 15 is 0 Å². The Bertz CT molecular complexity index is 482.